The van der Waals surface area contributed by atoms with Crippen molar-refractivity contribution in [3.63, 3.8) is 0 Å². The summed E-state index contributed by atoms with van der Waals surface area (Å²) in [6, 6.07) is 20.3. The van der Waals surface area contributed by atoms with Crippen LogP contribution in [-0.2, 0) is 6.42 Å². The van der Waals surface area contributed by atoms with Gasteiger partial charge in [-0.1, -0.05) is 52.7 Å². The molecule has 3 aromatic rings. The zero-order chi connectivity index (χ0) is 17.8. The van der Waals surface area contributed by atoms with E-state index in [0.717, 1.165) is 15.8 Å². The summed E-state index contributed by atoms with van der Waals surface area (Å²) in [5, 5.41) is 0.609. The molecule has 0 unspecified atom stereocenters. The first-order chi connectivity index (χ1) is 12.1. The normalized spacial score (nSPS) is 10.5. The van der Waals surface area contributed by atoms with E-state index in [9.17, 15) is 4.79 Å². The molecular formula is C21H16BrClO2. The van der Waals surface area contributed by atoms with Crippen LogP contribution < -0.4 is 4.74 Å². The van der Waals surface area contributed by atoms with Gasteiger partial charge in [0.15, 0.2) is 5.78 Å². The molecule has 3 aromatic carbocycles. The number of ketones is 1. The number of hydrogen-bond acceptors (Lipinski definition) is 2. The van der Waals surface area contributed by atoms with Crippen LogP contribution in [0.3, 0.4) is 0 Å². The average molecular weight is 416 g/mol. The zero-order valence-corrected chi connectivity index (χ0v) is 16.0. The van der Waals surface area contributed by atoms with E-state index in [0.29, 0.717) is 28.3 Å². The largest absolute Gasteiger partial charge is 0.457 e. The molecule has 0 aliphatic carbocycles. The van der Waals surface area contributed by atoms with E-state index in [1.807, 2.05) is 43.3 Å². The fourth-order valence-electron chi connectivity index (χ4n) is 2.63. The van der Waals surface area contributed by atoms with Gasteiger partial charge in [-0.05, 0) is 60.5 Å². The summed E-state index contributed by atoms with van der Waals surface area (Å²) in [5.41, 5.74) is 2.07. The molecule has 0 radical (unpaired) electrons. The number of carbonyl (C=O) groups is 1. The Kier molecular flexibility index (Phi) is 5.57. The smallest absolute Gasteiger partial charge is 0.194 e. The molecule has 0 amide bonds. The molecule has 0 N–H and O–H groups in total. The van der Waals surface area contributed by atoms with Crippen LogP contribution >= 0.6 is 27.5 Å². The van der Waals surface area contributed by atoms with Gasteiger partial charge >= 0.3 is 0 Å². The lowest BCUT2D eigenvalue weighted by Crippen LogP contribution is -2.07. The third-order valence-electron chi connectivity index (χ3n) is 3.88. The Bertz CT molecular complexity index is 890. The zero-order valence-electron chi connectivity index (χ0n) is 13.6. The molecule has 0 saturated heterocycles. The minimum atomic E-state index is -0.0579. The Balaban J connectivity index is 1.88. The van der Waals surface area contributed by atoms with Crippen LogP contribution in [0.15, 0.2) is 71.2 Å². The molecule has 0 aliphatic rings. The number of carbonyl (C=O) groups excluding carboxylic acids is 1. The standard InChI is InChI=1S/C21H16BrClO2/c1-2-17-19(23)13-12-18(22)20(17)21(24)14-8-10-16(11-9-14)25-15-6-4-3-5-7-15/h3-13H,2H2,1H3. The van der Waals surface area contributed by atoms with Gasteiger partial charge in [-0.25, -0.2) is 0 Å². The number of ether oxygens (including phenoxy) is 1. The molecule has 3 rings (SSSR count). The van der Waals surface area contributed by atoms with Crippen molar-refractivity contribution < 1.29 is 9.53 Å². The van der Waals surface area contributed by atoms with E-state index in [1.54, 1.807) is 30.3 Å². The van der Waals surface area contributed by atoms with Gasteiger partial charge in [0, 0.05) is 20.6 Å². The first kappa shape index (κ1) is 17.7. The Morgan fingerprint density at radius 2 is 1.60 bits per heavy atom. The van der Waals surface area contributed by atoms with E-state index < -0.39 is 0 Å². The number of benzene rings is 3. The van der Waals surface area contributed by atoms with Gasteiger partial charge in [0.25, 0.3) is 0 Å². The number of hydrogen-bond donors (Lipinski definition) is 0. The Labute approximate surface area is 160 Å². The minimum Gasteiger partial charge on any atom is -0.457 e. The van der Waals surface area contributed by atoms with Crippen LogP contribution in [0.1, 0.15) is 28.4 Å². The van der Waals surface area contributed by atoms with Crippen LogP contribution in [-0.4, -0.2) is 5.78 Å². The van der Waals surface area contributed by atoms with Crippen LogP contribution in [0.5, 0.6) is 11.5 Å². The fraction of sp³-hybridized carbons (Fsp3) is 0.0952. The minimum absolute atomic E-state index is 0.0579. The van der Waals surface area contributed by atoms with Gasteiger partial charge in [-0.15, -0.1) is 0 Å². The molecule has 25 heavy (non-hydrogen) atoms. The molecule has 0 aliphatic heterocycles. The van der Waals surface area contributed by atoms with Gasteiger partial charge < -0.3 is 4.74 Å². The van der Waals surface area contributed by atoms with Crippen molar-refractivity contribution in [1.82, 2.24) is 0 Å². The summed E-state index contributed by atoms with van der Waals surface area (Å²) in [7, 11) is 0. The van der Waals surface area contributed by atoms with Crippen LogP contribution in [0.25, 0.3) is 0 Å². The lowest BCUT2D eigenvalue weighted by Gasteiger charge is -2.12. The maximum Gasteiger partial charge on any atom is 0.194 e. The SMILES string of the molecule is CCc1c(Cl)ccc(Br)c1C(=O)c1ccc(Oc2ccccc2)cc1. The Morgan fingerprint density at radius 3 is 2.24 bits per heavy atom. The molecular weight excluding hydrogens is 400 g/mol. The highest BCUT2D eigenvalue weighted by molar-refractivity contribution is 9.10. The van der Waals surface area contributed by atoms with Crippen molar-refractivity contribution >= 4 is 33.3 Å². The van der Waals surface area contributed by atoms with Crippen molar-refractivity contribution in [3.8, 4) is 11.5 Å². The van der Waals surface area contributed by atoms with Crippen LogP contribution in [0.2, 0.25) is 5.02 Å². The van der Waals surface area contributed by atoms with E-state index >= 15 is 0 Å². The molecule has 0 fully saturated rings. The predicted molar refractivity (Wildman–Crippen MR) is 105 cm³/mol. The van der Waals surface area contributed by atoms with Crippen molar-refractivity contribution in [2.75, 3.05) is 0 Å². The van der Waals surface area contributed by atoms with Gasteiger partial charge in [0.2, 0.25) is 0 Å². The molecule has 0 spiro atoms. The van der Waals surface area contributed by atoms with E-state index in [1.165, 1.54) is 0 Å². The first-order valence-corrected chi connectivity index (χ1v) is 9.11. The third-order valence-corrected chi connectivity index (χ3v) is 4.90. The van der Waals surface area contributed by atoms with E-state index in [2.05, 4.69) is 15.9 Å². The number of halogens is 2. The molecule has 0 heterocycles. The summed E-state index contributed by atoms with van der Waals surface area (Å²) in [4.78, 5) is 12.9. The van der Waals surface area contributed by atoms with Crippen molar-refractivity contribution in [1.29, 1.82) is 0 Å². The van der Waals surface area contributed by atoms with Crippen molar-refractivity contribution in [2.24, 2.45) is 0 Å². The molecule has 126 valence electrons. The molecule has 2 nitrogen and oxygen atoms in total. The summed E-state index contributed by atoms with van der Waals surface area (Å²) in [6.45, 7) is 1.99. The second kappa shape index (κ2) is 7.85. The highest BCUT2D eigenvalue weighted by atomic mass is 79.9. The summed E-state index contributed by atoms with van der Waals surface area (Å²) in [5.74, 6) is 1.38. The van der Waals surface area contributed by atoms with Crippen LogP contribution in [0.4, 0.5) is 0 Å². The number of rotatable bonds is 5. The monoisotopic (exact) mass is 414 g/mol. The topological polar surface area (TPSA) is 26.3 Å². The second-order valence-electron chi connectivity index (χ2n) is 5.50. The third kappa shape index (κ3) is 3.94. The van der Waals surface area contributed by atoms with Crippen molar-refractivity contribution in [2.45, 2.75) is 13.3 Å². The van der Waals surface area contributed by atoms with Crippen LogP contribution in [0, 0.1) is 0 Å². The lowest BCUT2D eigenvalue weighted by atomic mass is 9.97. The highest BCUT2D eigenvalue weighted by Crippen LogP contribution is 2.30. The summed E-state index contributed by atoms with van der Waals surface area (Å²) in [6.07, 6.45) is 0.689. The maximum absolute atomic E-state index is 12.9. The maximum atomic E-state index is 12.9. The van der Waals surface area contributed by atoms with E-state index in [-0.39, 0.29) is 5.78 Å². The van der Waals surface area contributed by atoms with Gasteiger partial charge in [-0.2, -0.15) is 0 Å². The van der Waals surface area contributed by atoms with Gasteiger partial charge in [0.05, 0.1) is 0 Å². The van der Waals surface area contributed by atoms with Gasteiger partial charge in [0.1, 0.15) is 11.5 Å². The van der Waals surface area contributed by atoms with E-state index in [4.69, 9.17) is 16.3 Å². The second-order valence-corrected chi connectivity index (χ2v) is 6.77. The molecule has 0 aromatic heterocycles. The highest BCUT2D eigenvalue weighted by Gasteiger charge is 2.18. The quantitative estimate of drug-likeness (QED) is 0.434. The first-order valence-electron chi connectivity index (χ1n) is 7.94. The molecule has 4 heteroatoms. The van der Waals surface area contributed by atoms with Crippen molar-refractivity contribution in [3.05, 3.63) is 92.9 Å². The fourth-order valence-corrected chi connectivity index (χ4v) is 3.47. The molecule has 0 saturated carbocycles. The summed E-state index contributed by atoms with van der Waals surface area (Å²) >= 11 is 9.73. The average Bonchev–Trinajstić information content (AvgIpc) is 2.64. The predicted octanol–water partition coefficient (Wildman–Crippen LogP) is 6.69. The number of para-hydroxylation sites is 1. The Hall–Kier alpha value is -2.10. The molecule has 0 atom stereocenters. The van der Waals surface area contributed by atoms with Gasteiger partial charge in [-0.3, -0.25) is 4.79 Å². The summed E-state index contributed by atoms with van der Waals surface area (Å²) < 4.78 is 6.52. The Morgan fingerprint density at radius 1 is 0.960 bits per heavy atom. The lowest BCUT2D eigenvalue weighted by molar-refractivity contribution is 0.103. The molecule has 0 bridgehead atoms.